The van der Waals surface area contributed by atoms with Crippen LogP contribution in [0, 0.1) is 0 Å². The summed E-state index contributed by atoms with van der Waals surface area (Å²) in [4.78, 5) is 7.27. The minimum Gasteiger partial charge on any atom is -0.457 e. The van der Waals surface area contributed by atoms with Gasteiger partial charge in [0.15, 0.2) is 0 Å². The third kappa shape index (κ3) is 14.5. The molecule has 0 saturated heterocycles. The van der Waals surface area contributed by atoms with Crippen LogP contribution in [-0.4, -0.2) is 0 Å². The monoisotopic (exact) mass is 1780 g/mol. The van der Waals surface area contributed by atoms with Crippen LogP contribution in [0.2, 0.25) is 0 Å². The minimum absolute atomic E-state index is 0.129. The molecule has 0 amide bonds. The normalized spacial score (nSPS) is 14.1. The number of rotatable bonds is 19. The SMILES string of the molecule is CC1(C)c2ccccc2-c2ccc(N(c3ccc(-c4ccc(Oc5ccccc5)c5c4C(C)(c4ccccc4)c4ccccc4-5)cc3)c3ccccc3-c3ccccc3)cc21.CC1(C)c2ccccc2-c2ccc(N(c3ccc(-c4ccccc4)cc3)c3ccc(-c4cccc5c4-c4ccc(N(c6ccccc6)c6ccc(-c7ccccc7)cc6)cc4C5(c4ccccc4)c4ccccc4)cc3)cc21. The van der Waals surface area contributed by atoms with E-state index in [9.17, 15) is 0 Å². The van der Waals surface area contributed by atoms with Crippen molar-refractivity contribution in [2.75, 3.05) is 14.7 Å². The number of ether oxygens (including phenoxy) is 1. The molecule has 4 aliphatic rings. The summed E-state index contributed by atoms with van der Waals surface area (Å²) in [6, 6.07) is 191. The van der Waals surface area contributed by atoms with Gasteiger partial charge in [-0.25, -0.2) is 0 Å². The molecule has 1 atom stereocenters. The molecule has 0 saturated carbocycles. The largest absolute Gasteiger partial charge is 0.457 e. The van der Waals surface area contributed by atoms with E-state index in [4.69, 9.17) is 4.74 Å². The minimum atomic E-state index is -0.623. The number of fused-ring (bicyclic) bond motifs is 12. The summed E-state index contributed by atoms with van der Waals surface area (Å²) in [5.74, 6) is 1.68. The Morgan fingerprint density at radius 3 is 0.986 bits per heavy atom. The van der Waals surface area contributed by atoms with Gasteiger partial charge in [-0.15, -0.1) is 0 Å². The molecular formula is C135H101N3O. The molecule has 4 aliphatic carbocycles. The Kier molecular flexibility index (Phi) is 21.3. The van der Waals surface area contributed by atoms with Gasteiger partial charge in [0, 0.05) is 72.9 Å². The van der Waals surface area contributed by atoms with Crippen molar-refractivity contribution in [2.45, 2.75) is 56.3 Å². The van der Waals surface area contributed by atoms with Crippen LogP contribution in [0.15, 0.2) is 522 Å². The first-order chi connectivity index (χ1) is 68.4. The Morgan fingerprint density at radius 2 is 0.489 bits per heavy atom. The highest BCUT2D eigenvalue weighted by atomic mass is 16.5. The molecule has 0 heterocycles. The molecule has 21 aromatic carbocycles. The number of benzene rings is 21. The third-order valence-corrected chi connectivity index (χ3v) is 29.8. The van der Waals surface area contributed by atoms with Crippen molar-refractivity contribution in [2.24, 2.45) is 0 Å². The highest BCUT2D eigenvalue weighted by Gasteiger charge is 2.49. The summed E-state index contributed by atoms with van der Waals surface area (Å²) >= 11 is 0. The van der Waals surface area contributed by atoms with E-state index < -0.39 is 10.8 Å². The summed E-state index contributed by atoms with van der Waals surface area (Å²) in [6.07, 6.45) is 0. The summed E-state index contributed by atoms with van der Waals surface area (Å²) in [5, 5.41) is 0. The first-order valence-electron chi connectivity index (χ1n) is 48.4. The lowest BCUT2D eigenvalue weighted by Gasteiger charge is -2.35. The van der Waals surface area contributed by atoms with Crippen LogP contribution in [0.1, 0.15) is 95.8 Å². The second-order valence-corrected chi connectivity index (χ2v) is 38.2. The standard InChI is InChI=1S/C76H56N2.C59H45NO/c1-75(2)70-33-19-18-31-67(70)68-49-47-64(51-72(68)75)78(62-43-37-56(38-44-62)54-23-10-4-11-24-54)63-45-39-57(40-46-63)66-32-20-34-71-74(66)69-50-48-65(52-73(69)76(71,58-25-12-5-13-26-58)59-27-14-6-15-28-59)77(60-29-16-7-17-30-60)61-41-35-55(36-42-61)53-21-8-3-9-22-53;1-58(2)51-28-16-13-26-48(51)49-36-35-44(39-53(49)58)60(54-30-18-15-25-46(54)40-19-7-4-8-20-40)43-33-31-41(32-34-43)47-37-38-55(61-45-23-11-6-12-24-45)56-50-27-14-17-29-52(50)59(3,57(47)56)42-21-9-5-10-22-42/h3-52H,1-2H3;4-39H,1-3H3. The van der Waals surface area contributed by atoms with E-state index >= 15 is 0 Å². The van der Waals surface area contributed by atoms with E-state index in [1.807, 2.05) is 30.3 Å². The zero-order chi connectivity index (χ0) is 93.3. The van der Waals surface area contributed by atoms with E-state index in [1.165, 1.54) is 145 Å². The van der Waals surface area contributed by atoms with E-state index in [0.717, 1.165) is 79.4 Å². The Bertz CT molecular complexity index is 8110. The van der Waals surface area contributed by atoms with Crippen LogP contribution in [0.4, 0.5) is 51.2 Å². The molecule has 0 spiro atoms. The predicted molar refractivity (Wildman–Crippen MR) is 580 cm³/mol. The maximum Gasteiger partial charge on any atom is 0.135 e. The smallest absolute Gasteiger partial charge is 0.135 e. The summed E-state index contributed by atoms with van der Waals surface area (Å²) in [7, 11) is 0. The van der Waals surface area contributed by atoms with E-state index in [2.05, 4.69) is 541 Å². The molecule has 25 rings (SSSR count). The second-order valence-electron chi connectivity index (χ2n) is 38.2. The molecular weight excluding hydrogens is 1680 g/mol. The molecule has 0 radical (unpaired) electrons. The molecule has 662 valence electrons. The lowest BCUT2D eigenvalue weighted by molar-refractivity contribution is 0.484. The fourth-order valence-electron chi connectivity index (χ4n) is 23.1. The summed E-state index contributed by atoms with van der Waals surface area (Å²) in [5.41, 5.74) is 44.9. The maximum atomic E-state index is 6.75. The van der Waals surface area contributed by atoms with Crippen LogP contribution in [0.25, 0.3) is 100 Å². The van der Waals surface area contributed by atoms with Gasteiger partial charge in [0.1, 0.15) is 11.5 Å². The number of hydrogen-bond donors (Lipinski definition) is 0. The number of nitrogens with zero attached hydrogens (tertiary/aromatic N) is 3. The fourth-order valence-corrected chi connectivity index (χ4v) is 23.1. The molecule has 1 unspecified atom stereocenters. The van der Waals surface area contributed by atoms with Crippen LogP contribution < -0.4 is 19.4 Å². The Hall–Kier alpha value is -17.2. The van der Waals surface area contributed by atoms with Crippen molar-refractivity contribution < 1.29 is 4.74 Å². The molecule has 0 bridgehead atoms. The molecule has 0 fully saturated rings. The Labute approximate surface area is 815 Å². The highest BCUT2D eigenvalue weighted by molar-refractivity contribution is 6.00. The van der Waals surface area contributed by atoms with Crippen molar-refractivity contribution in [3.05, 3.63) is 583 Å². The van der Waals surface area contributed by atoms with Gasteiger partial charge in [-0.05, 0) is 278 Å². The third-order valence-electron chi connectivity index (χ3n) is 29.8. The zero-order valence-electron chi connectivity index (χ0n) is 78.4. The van der Waals surface area contributed by atoms with Gasteiger partial charge in [-0.2, -0.15) is 0 Å². The second kappa shape index (κ2) is 34.9. The van der Waals surface area contributed by atoms with Crippen LogP contribution in [-0.2, 0) is 21.7 Å². The van der Waals surface area contributed by atoms with Crippen LogP contribution in [0.3, 0.4) is 0 Å². The Morgan fingerprint density at radius 1 is 0.180 bits per heavy atom. The Balaban J connectivity index is 0.000000156. The van der Waals surface area contributed by atoms with Crippen molar-refractivity contribution in [3.8, 4) is 112 Å². The lowest BCUT2D eigenvalue weighted by Crippen LogP contribution is -2.28. The van der Waals surface area contributed by atoms with E-state index in [-0.39, 0.29) is 10.8 Å². The summed E-state index contributed by atoms with van der Waals surface area (Å²) < 4.78 is 6.75. The molecule has 21 aromatic rings. The number of para-hydroxylation sites is 3. The van der Waals surface area contributed by atoms with Crippen molar-refractivity contribution in [3.63, 3.8) is 0 Å². The molecule has 0 N–H and O–H groups in total. The maximum absolute atomic E-state index is 6.75. The quantitative estimate of drug-likeness (QED) is 0.0803. The van der Waals surface area contributed by atoms with Gasteiger partial charge in [-0.1, -0.05) is 428 Å². The van der Waals surface area contributed by atoms with Gasteiger partial charge >= 0.3 is 0 Å². The fraction of sp³-hybridized carbons (Fsp3) is 0.0667. The summed E-state index contributed by atoms with van der Waals surface area (Å²) in [6.45, 7) is 11.8. The van der Waals surface area contributed by atoms with Crippen LogP contribution in [0.5, 0.6) is 11.5 Å². The molecule has 0 aromatic heterocycles. The first-order valence-corrected chi connectivity index (χ1v) is 48.4. The van der Waals surface area contributed by atoms with Crippen molar-refractivity contribution in [1.29, 1.82) is 0 Å². The molecule has 4 heteroatoms. The van der Waals surface area contributed by atoms with Crippen molar-refractivity contribution >= 4 is 51.2 Å². The van der Waals surface area contributed by atoms with Gasteiger partial charge in [0.25, 0.3) is 0 Å². The average molecular weight is 1780 g/mol. The topological polar surface area (TPSA) is 19.0 Å². The molecule has 0 aliphatic heterocycles. The number of anilines is 9. The first kappa shape index (κ1) is 84.8. The average Bonchev–Trinajstić information content (AvgIpc) is 1.53. The van der Waals surface area contributed by atoms with Gasteiger partial charge in [-0.3, -0.25) is 0 Å². The van der Waals surface area contributed by atoms with Crippen molar-refractivity contribution in [1.82, 2.24) is 0 Å². The molecule has 4 nitrogen and oxygen atoms in total. The zero-order valence-corrected chi connectivity index (χ0v) is 78.4. The lowest BCUT2D eigenvalue weighted by atomic mass is 9.67. The predicted octanol–water partition coefficient (Wildman–Crippen LogP) is 36.2. The van der Waals surface area contributed by atoms with E-state index in [1.54, 1.807) is 0 Å². The highest BCUT2D eigenvalue weighted by Crippen LogP contribution is 2.63. The van der Waals surface area contributed by atoms with Gasteiger partial charge < -0.3 is 19.4 Å². The van der Waals surface area contributed by atoms with Crippen LogP contribution >= 0.6 is 0 Å². The van der Waals surface area contributed by atoms with Gasteiger partial charge in [0.2, 0.25) is 0 Å². The number of hydrogen-bond acceptors (Lipinski definition) is 4. The van der Waals surface area contributed by atoms with E-state index in [0.29, 0.717) is 0 Å². The van der Waals surface area contributed by atoms with Gasteiger partial charge in [0.05, 0.1) is 11.1 Å². The molecule has 139 heavy (non-hydrogen) atoms.